The number of carbonyl (C=O) groups is 2. The summed E-state index contributed by atoms with van der Waals surface area (Å²) >= 11 is 1.37. The monoisotopic (exact) mass is 419 g/mol. The normalized spacial score (nSPS) is 16.9. The van der Waals surface area contributed by atoms with Crippen LogP contribution in [0, 0.1) is 5.41 Å². The van der Waals surface area contributed by atoms with E-state index in [1.54, 1.807) is 65.7 Å². The van der Waals surface area contributed by atoms with Gasteiger partial charge < -0.3 is 9.47 Å². The Bertz CT molecular complexity index is 1150. The molecule has 8 heteroatoms. The molecule has 0 atom stereocenters. The molecule has 0 unspecified atom stereocenters. The van der Waals surface area contributed by atoms with Crippen LogP contribution in [0.3, 0.4) is 0 Å². The first-order chi connectivity index (χ1) is 14.4. The molecule has 0 saturated heterocycles. The van der Waals surface area contributed by atoms with Gasteiger partial charge in [-0.3, -0.25) is 15.1 Å². The molecular formula is C22H17N3O4S. The largest absolute Gasteiger partial charge is 0.497 e. The smallest absolute Gasteiger partial charge is 0.343 e. The van der Waals surface area contributed by atoms with E-state index in [9.17, 15) is 9.59 Å². The molecule has 4 rings (SSSR count). The van der Waals surface area contributed by atoms with E-state index in [1.807, 2.05) is 6.92 Å². The Morgan fingerprint density at radius 1 is 1.17 bits per heavy atom. The van der Waals surface area contributed by atoms with Gasteiger partial charge in [-0.15, -0.1) is 0 Å². The van der Waals surface area contributed by atoms with Crippen molar-refractivity contribution in [2.45, 2.75) is 6.92 Å². The first-order valence-electron chi connectivity index (χ1n) is 9.00. The van der Waals surface area contributed by atoms with Crippen LogP contribution in [0.15, 0.2) is 70.2 Å². The van der Waals surface area contributed by atoms with Crippen molar-refractivity contribution in [2.75, 3.05) is 7.11 Å². The van der Waals surface area contributed by atoms with Crippen LogP contribution in [0.4, 0.5) is 0 Å². The van der Waals surface area contributed by atoms with Gasteiger partial charge in [0.05, 0.1) is 18.2 Å². The molecule has 0 spiro atoms. The Kier molecular flexibility index (Phi) is 5.24. The van der Waals surface area contributed by atoms with Crippen molar-refractivity contribution in [3.05, 3.63) is 76.3 Å². The number of ether oxygens (including phenoxy) is 2. The minimum absolute atomic E-state index is 0.0860. The fourth-order valence-corrected chi connectivity index (χ4v) is 3.73. The van der Waals surface area contributed by atoms with Gasteiger partial charge in [0.2, 0.25) is 0 Å². The van der Waals surface area contributed by atoms with Gasteiger partial charge in [0.1, 0.15) is 17.3 Å². The molecule has 0 saturated carbocycles. The molecule has 2 aliphatic heterocycles. The molecule has 7 nitrogen and oxygen atoms in total. The number of amidine groups is 2. The van der Waals surface area contributed by atoms with E-state index < -0.39 is 11.9 Å². The topological polar surface area (TPSA) is 92.1 Å². The minimum atomic E-state index is -0.500. The number of methoxy groups -OCH3 is 1. The average Bonchev–Trinajstić information content (AvgIpc) is 3.12. The van der Waals surface area contributed by atoms with Crippen LogP contribution in [-0.2, 0) is 4.79 Å². The molecule has 0 radical (unpaired) electrons. The lowest BCUT2D eigenvalue weighted by Gasteiger charge is -2.22. The lowest BCUT2D eigenvalue weighted by atomic mass is 10.1. The van der Waals surface area contributed by atoms with E-state index in [0.717, 1.165) is 4.91 Å². The van der Waals surface area contributed by atoms with Gasteiger partial charge in [-0.25, -0.2) is 4.79 Å². The van der Waals surface area contributed by atoms with Crippen LogP contribution in [0.25, 0.3) is 6.08 Å². The molecule has 2 aromatic carbocycles. The zero-order chi connectivity index (χ0) is 21.3. The SMILES string of the molecule is COc1cccc(C(=O)Oc2ccc(C=C3C(=N)N4C=C(C)SC4=NC3=O)cc2)c1. The molecule has 0 aliphatic carbocycles. The number of benzene rings is 2. The number of aliphatic imine (C=N–C) groups is 1. The summed E-state index contributed by atoms with van der Waals surface area (Å²) in [4.78, 5) is 31.3. The number of fused-ring (bicyclic) bond motifs is 1. The van der Waals surface area contributed by atoms with Gasteiger partial charge in [0.15, 0.2) is 5.17 Å². The molecule has 1 N–H and O–H groups in total. The minimum Gasteiger partial charge on any atom is -0.497 e. The van der Waals surface area contributed by atoms with Gasteiger partial charge in [-0.2, -0.15) is 4.99 Å². The van der Waals surface area contributed by atoms with Crippen LogP contribution >= 0.6 is 11.8 Å². The Hall–Kier alpha value is -3.65. The number of nitrogens with zero attached hydrogens (tertiary/aromatic N) is 2. The third kappa shape index (κ3) is 3.90. The fourth-order valence-electron chi connectivity index (χ4n) is 2.92. The number of amides is 1. The van der Waals surface area contributed by atoms with Gasteiger partial charge in [0, 0.05) is 11.1 Å². The highest BCUT2D eigenvalue weighted by molar-refractivity contribution is 8.17. The maximum Gasteiger partial charge on any atom is 0.343 e. The van der Waals surface area contributed by atoms with Crippen molar-refractivity contribution < 1.29 is 19.1 Å². The molecule has 1 amide bonds. The fraction of sp³-hybridized carbons (Fsp3) is 0.0909. The summed E-state index contributed by atoms with van der Waals surface area (Å²) in [6.07, 6.45) is 3.39. The standard InChI is InChI=1S/C22H17N3O4S/c1-13-12-25-19(23)18(20(26)24-22(25)30-13)10-14-6-8-16(9-7-14)29-21(27)15-4-3-5-17(11-15)28-2/h3-12,23H,1-2H3. The number of thioether (sulfide) groups is 1. The Labute approximate surface area is 177 Å². The third-order valence-corrected chi connectivity index (χ3v) is 5.30. The molecule has 2 aromatic rings. The first kappa shape index (κ1) is 19.7. The number of esters is 1. The van der Waals surface area contributed by atoms with Gasteiger partial charge in [-0.1, -0.05) is 30.0 Å². The summed E-state index contributed by atoms with van der Waals surface area (Å²) in [6.45, 7) is 1.90. The molecule has 0 bridgehead atoms. The Balaban J connectivity index is 1.50. The van der Waals surface area contributed by atoms with Crippen LogP contribution in [-0.4, -0.2) is 34.9 Å². The predicted octanol–water partition coefficient (Wildman–Crippen LogP) is 4.08. The highest BCUT2D eigenvalue weighted by atomic mass is 32.2. The summed E-state index contributed by atoms with van der Waals surface area (Å²) in [5.74, 6) is 0.0705. The lowest BCUT2D eigenvalue weighted by Crippen LogP contribution is -2.35. The molecule has 150 valence electrons. The van der Waals surface area contributed by atoms with Crippen LogP contribution in [0.2, 0.25) is 0 Å². The van der Waals surface area contributed by atoms with Crippen LogP contribution < -0.4 is 9.47 Å². The van der Waals surface area contributed by atoms with Crippen molar-refractivity contribution in [1.82, 2.24) is 4.90 Å². The Morgan fingerprint density at radius 3 is 2.67 bits per heavy atom. The average molecular weight is 419 g/mol. The number of nitrogens with one attached hydrogen (secondary N) is 1. The highest BCUT2D eigenvalue weighted by Gasteiger charge is 2.32. The first-order valence-corrected chi connectivity index (χ1v) is 9.81. The maximum atomic E-state index is 12.3. The number of hydrogen-bond acceptors (Lipinski definition) is 6. The summed E-state index contributed by atoms with van der Waals surface area (Å²) < 4.78 is 10.5. The van der Waals surface area contributed by atoms with Gasteiger partial charge in [0.25, 0.3) is 5.91 Å². The van der Waals surface area contributed by atoms with E-state index >= 15 is 0 Å². The van der Waals surface area contributed by atoms with E-state index in [4.69, 9.17) is 14.9 Å². The van der Waals surface area contributed by atoms with Crippen LogP contribution in [0.1, 0.15) is 22.8 Å². The van der Waals surface area contributed by atoms with Crippen LogP contribution in [0.5, 0.6) is 11.5 Å². The number of carbonyl (C=O) groups excluding carboxylic acids is 2. The van der Waals surface area contributed by atoms with E-state index in [0.29, 0.717) is 27.8 Å². The second-order valence-electron chi connectivity index (χ2n) is 6.51. The van der Waals surface area contributed by atoms with Crippen molar-refractivity contribution >= 4 is 40.7 Å². The van der Waals surface area contributed by atoms with Crippen molar-refractivity contribution in [2.24, 2.45) is 4.99 Å². The summed E-state index contributed by atoms with van der Waals surface area (Å²) in [6, 6.07) is 13.4. The lowest BCUT2D eigenvalue weighted by molar-refractivity contribution is -0.114. The second-order valence-corrected chi connectivity index (χ2v) is 7.72. The zero-order valence-electron chi connectivity index (χ0n) is 16.2. The zero-order valence-corrected chi connectivity index (χ0v) is 17.0. The highest BCUT2D eigenvalue weighted by Crippen LogP contribution is 2.32. The van der Waals surface area contributed by atoms with Crippen molar-refractivity contribution in [3.8, 4) is 11.5 Å². The Morgan fingerprint density at radius 2 is 1.93 bits per heavy atom. The van der Waals surface area contributed by atoms with Crippen molar-refractivity contribution in [3.63, 3.8) is 0 Å². The van der Waals surface area contributed by atoms with Gasteiger partial charge >= 0.3 is 5.97 Å². The number of hydrogen-bond donors (Lipinski definition) is 1. The summed E-state index contributed by atoms with van der Waals surface area (Å²) in [7, 11) is 1.53. The van der Waals surface area contributed by atoms with E-state index in [-0.39, 0.29) is 11.4 Å². The van der Waals surface area contributed by atoms with Crippen molar-refractivity contribution in [1.29, 1.82) is 5.41 Å². The van der Waals surface area contributed by atoms with Gasteiger partial charge in [-0.05, 0) is 48.9 Å². The molecule has 30 heavy (non-hydrogen) atoms. The number of allylic oxidation sites excluding steroid dienone is 1. The molecule has 2 heterocycles. The maximum absolute atomic E-state index is 12.3. The quantitative estimate of drug-likeness (QED) is 0.456. The molecule has 2 aliphatic rings. The third-order valence-electron chi connectivity index (χ3n) is 4.40. The molecule has 0 aromatic heterocycles. The summed E-state index contributed by atoms with van der Waals surface area (Å²) in [5, 5.41) is 8.82. The molecule has 0 fully saturated rings. The predicted molar refractivity (Wildman–Crippen MR) is 116 cm³/mol. The number of rotatable bonds is 4. The molecular weight excluding hydrogens is 402 g/mol. The summed E-state index contributed by atoms with van der Waals surface area (Å²) in [5.41, 5.74) is 1.27. The van der Waals surface area contributed by atoms with E-state index in [2.05, 4.69) is 4.99 Å². The van der Waals surface area contributed by atoms with E-state index in [1.165, 1.54) is 18.9 Å². The second kappa shape index (κ2) is 8.00.